The lowest BCUT2D eigenvalue weighted by molar-refractivity contribution is 0.0950. The molecule has 1 heterocycles. The first-order valence-corrected chi connectivity index (χ1v) is 12.6. The maximum atomic E-state index is 13.2. The highest BCUT2D eigenvalue weighted by molar-refractivity contribution is 5.97. The predicted octanol–water partition coefficient (Wildman–Crippen LogP) is 4.71. The average Bonchev–Trinajstić information content (AvgIpc) is 2.79. The average molecular weight is 467 g/mol. The second kappa shape index (κ2) is 11.2. The number of amides is 1. The molecule has 3 N–H and O–H groups in total. The van der Waals surface area contributed by atoms with Crippen LogP contribution in [0.2, 0.25) is 0 Å². The quantitative estimate of drug-likeness (QED) is 0.526. The number of carbonyl (C=O) groups is 1. The molecule has 0 saturated heterocycles. The molecule has 2 aromatic rings. The normalized spacial score (nSPS) is 19.2. The van der Waals surface area contributed by atoms with Gasteiger partial charge in [0.2, 0.25) is 0 Å². The van der Waals surface area contributed by atoms with Crippen molar-refractivity contribution in [3.05, 3.63) is 62.1 Å². The Balaban J connectivity index is 1.74. The van der Waals surface area contributed by atoms with Crippen LogP contribution in [0.4, 0.5) is 5.69 Å². The molecular formula is C28H42N4O2. The van der Waals surface area contributed by atoms with Crippen LogP contribution in [0, 0.1) is 26.7 Å². The highest BCUT2D eigenvalue weighted by Gasteiger charge is 2.27. The molecular weight excluding hydrogens is 424 g/mol. The number of carbonyl (C=O) groups excluding carboxylic acids is 1. The van der Waals surface area contributed by atoms with Crippen LogP contribution in [0.25, 0.3) is 0 Å². The molecule has 1 aromatic carbocycles. The number of hydrogen-bond acceptors (Lipinski definition) is 4. The minimum Gasteiger partial charge on any atom is -0.382 e. The number of H-pyrrole nitrogens is 1. The molecule has 1 amide bonds. The standard InChI is InChI=1S/C28H42N4O2/c1-8-21-14-24(27(33)29-16-25-17(2)13-18(3)30-28(25)34)19(4)26(15-21)31-20(5)22-9-11-23(12-10-22)32(6)7/h13-15,20,22-23,31H,8-12,16H2,1-7H3,(H,29,33)(H,30,34). The molecule has 3 rings (SSSR count). The van der Waals surface area contributed by atoms with Crippen LogP contribution >= 0.6 is 0 Å². The summed E-state index contributed by atoms with van der Waals surface area (Å²) in [7, 11) is 4.35. The molecule has 1 saturated carbocycles. The Hall–Kier alpha value is -2.60. The van der Waals surface area contributed by atoms with Crippen LogP contribution in [-0.4, -0.2) is 42.0 Å². The first-order valence-electron chi connectivity index (χ1n) is 12.6. The van der Waals surface area contributed by atoms with Gasteiger partial charge in [-0.15, -0.1) is 0 Å². The lowest BCUT2D eigenvalue weighted by Crippen LogP contribution is -2.36. The van der Waals surface area contributed by atoms with Crippen LogP contribution in [0.1, 0.15) is 77.8 Å². The fourth-order valence-electron chi connectivity index (χ4n) is 5.21. The number of anilines is 1. The number of aromatic amines is 1. The van der Waals surface area contributed by atoms with Crippen molar-refractivity contribution in [2.75, 3.05) is 19.4 Å². The van der Waals surface area contributed by atoms with E-state index in [9.17, 15) is 9.59 Å². The number of nitrogens with zero attached hydrogens (tertiary/aromatic N) is 1. The van der Waals surface area contributed by atoms with Gasteiger partial charge in [0.1, 0.15) is 0 Å². The summed E-state index contributed by atoms with van der Waals surface area (Å²) in [6, 6.07) is 7.13. The molecule has 1 aliphatic carbocycles. The van der Waals surface area contributed by atoms with Gasteiger partial charge in [-0.2, -0.15) is 0 Å². The summed E-state index contributed by atoms with van der Waals surface area (Å²) in [5.41, 5.74) is 5.97. The molecule has 1 atom stereocenters. The molecule has 1 unspecified atom stereocenters. The Labute approximate surface area is 204 Å². The number of nitrogens with one attached hydrogen (secondary N) is 3. The van der Waals surface area contributed by atoms with E-state index >= 15 is 0 Å². The van der Waals surface area contributed by atoms with Gasteiger partial charge in [0.05, 0.1) is 0 Å². The van der Waals surface area contributed by atoms with Crippen molar-refractivity contribution in [2.24, 2.45) is 5.92 Å². The van der Waals surface area contributed by atoms with Crippen molar-refractivity contribution < 1.29 is 4.79 Å². The lowest BCUT2D eigenvalue weighted by atomic mass is 9.81. The van der Waals surface area contributed by atoms with E-state index in [1.807, 2.05) is 32.9 Å². The number of aryl methyl sites for hydroxylation is 3. The summed E-state index contributed by atoms with van der Waals surface area (Å²) in [5, 5.41) is 6.72. The summed E-state index contributed by atoms with van der Waals surface area (Å²) >= 11 is 0. The fourth-order valence-corrected chi connectivity index (χ4v) is 5.21. The van der Waals surface area contributed by atoms with Gasteiger partial charge >= 0.3 is 0 Å². The van der Waals surface area contributed by atoms with E-state index in [4.69, 9.17) is 0 Å². The fraction of sp³-hybridized carbons (Fsp3) is 0.571. The zero-order chi connectivity index (χ0) is 25.0. The molecule has 0 radical (unpaired) electrons. The van der Waals surface area contributed by atoms with Crippen LogP contribution < -0.4 is 16.2 Å². The topological polar surface area (TPSA) is 77.2 Å². The number of pyridine rings is 1. The van der Waals surface area contributed by atoms with Gasteiger partial charge in [0, 0.05) is 41.1 Å². The van der Waals surface area contributed by atoms with E-state index < -0.39 is 0 Å². The van der Waals surface area contributed by atoms with Gasteiger partial charge < -0.3 is 20.5 Å². The van der Waals surface area contributed by atoms with Crippen LogP contribution in [0.3, 0.4) is 0 Å². The highest BCUT2D eigenvalue weighted by atomic mass is 16.1. The van der Waals surface area contributed by atoms with Crippen molar-refractivity contribution in [2.45, 2.75) is 85.4 Å². The van der Waals surface area contributed by atoms with Crippen LogP contribution in [-0.2, 0) is 13.0 Å². The van der Waals surface area contributed by atoms with Gasteiger partial charge in [0.25, 0.3) is 11.5 Å². The van der Waals surface area contributed by atoms with Gasteiger partial charge in [-0.05, 0) is 115 Å². The summed E-state index contributed by atoms with van der Waals surface area (Å²) in [5.74, 6) is 0.490. The maximum absolute atomic E-state index is 13.2. The van der Waals surface area contributed by atoms with Gasteiger partial charge in [-0.1, -0.05) is 6.92 Å². The number of hydrogen-bond donors (Lipinski definition) is 3. The van der Waals surface area contributed by atoms with E-state index in [0.717, 1.165) is 34.5 Å². The molecule has 6 heteroatoms. The van der Waals surface area contributed by atoms with E-state index in [0.29, 0.717) is 29.1 Å². The first-order chi connectivity index (χ1) is 16.1. The molecule has 186 valence electrons. The molecule has 1 aliphatic rings. The van der Waals surface area contributed by atoms with E-state index in [1.165, 1.54) is 25.7 Å². The van der Waals surface area contributed by atoms with Crippen molar-refractivity contribution in [1.29, 1.82) is 0 Å². The SMILES string of the molecule is CCc1cc(NC(C)C2CCC(N(C)C)CC2)c(C)c(C(=O)NCc2c(C)cc(C)[nH]c2=O)c1. The van der Waals surface area contributed by atoms with E-state index in [2.05, 4.69) is 54.5 Å². The van der Waals surface area contributed by atoms with Crippen molar-refractivity contribution in [1.82, 2.24) is 15.2 Å². The zero-order valence-corrected chi connectivity index (χ0v) is 22.0. The summed E-state index contributed by atoms with van der Waals surface area (Å²) in [6.07, 6.45) is 5.78. The van der Waals surface area contributed by atoms with Crippen LogP contribution in [0.5, 0.6) is 0 Å². The second-order valence-corrected chi connectivity index (χ2v) is 10.3. The predicted molar refractivity (Wildman–Crippen MR) is 141 cm³/mol. The van der Waals surface area contributed by atoms with Crippen molar-refractivity contribution in [3.8, 4) is 0 Å². The minimum atomic E-state index is -0.144. The largest absolute Gasteiger partial charge is 0.382 e. The third-order valence-electron chi connectivity index (χ3n) is 7.60. The lowest BCUT2D eigenvalue weighted by Gasteiger charge is -2.36. The minimum absolute atomic E-state index is 0.142. The second-order valence-electron chi connectivity index (χ2n) is 10.3. The molecule has 34 heavy (non-hydrogen) atoms. The van der Waals surface area contributed by atoms with Gasteiger partial charge in [-0.3, -0.25) is 9.59 Å². The van der Waals surface area contributed by atoms with E-state index in [1.54, 1.807) is 0 Å². The van der Waals surface area contributed by atoms with Gasteiger partial charge in [-0.25, -0.2) is 0 Å². The van der Waals surface area contributed by atoms with E-state index in [-0.39, 0.29) is 18.0 Å². The Morgan fingerprint density at radius 3 is 2.38 bits per heavy atom. The maximum Gasteiger partial charge on any atom is 0.253 e. The number of rotatable bonds is 8. The monoisotopic (exact) mass is 466 g/mol. The Kier molecular flexibility index (Phi) is 8.58. The Morgan fingerprint density at radius 2 is 1.79 bits per heavy atom. The molecule has 1 aromatic heterocycles. The Bertz CT molecular complexity index is 1060. The summed E-state index contributed by atoms with van der Waals surface area (Å²) in [4.78, 5) is 30.7. The number of benzene rings is 1. The summed E-state index contributed by atoms with van der Waals surface area (Å²) < 4.78 is 0. The molecule has 1 fully saturated rings. The van der Waals surface area contributed by atoms with Crippen LogP contribution in [0.15, 0.2) is 23.0 Å². The Morgan fingerprint density at radius 1 is 1.12 bits per heavy atom. The molecule has 0 bridgehead atoms. The smallest absolute Gasteiger partial charge is 0.253 e. The zero-order valence-electron chi connectivity index (χ0n) is 22.0. The molecule has 6 nitrogen and oxygen atoms in total. The third kappa shape index (κ3) is 6.09. The number of aromatic nitrogens is 1. The van der Waals surface area contributed by atoms with Gasteiger partial charge in [0.15, 0.2) is 0 Å². The third-order valence-corrected chi connectivity index (χ3v) is 7.60. The van der Waals surface area contributed by atoms with Crippen molar-refractivity contribution >= 4 is 11.6 Å². The summed E-state index contributed by atoms with van der Waals surface area (Å²) in [6.45, 7) is 10.4. The molecule has 0 spiro atoms. The highest BCUT2D eigenvalue weighted by Crippen LogP contribution is 2.31. The molecule has 0 aliphatic heterocycles. The van der Waals surface area contributed by atoms with Crippen molar-refractivity contribution in [3.63, 3.8) is 0 Å². The first kappa shape index (κ1) is 26.0.